The van der Waals surface area contributed by atoms with Gasteiger partial charge in [0.25, 0.3) is 0 Å². The number of hydrogen-bond acceptors (Lipinski definition) is 0. The summed E-state index contributed by atoms with van der Waals surface area (Å²) < 4.78 is 0. The highest BCUT2D eigenvalue weighted by molar-refractivity contribution is 7.65. The van der Waals surface area contributed by atoms with E-state index in [9.17, 15) is 0 Å². The molecule has 25 heavy (non-hydrogen) atoms. The first-order valence-electron chi connectivity index (χ1n) is 8.55. The summed E-state index contributed by atoms with van der Waals surface area (Å²) in [6.45, 7) is 9.49. The maximum absolute atomic E-state index is 2.38. The second-order valence-electron chi connectivity index (χ2n) is 6.56. The van der Waals surface area contributed by atoms with E-state index in [1.165, 1.54) is 5.19 Å². The Bertz CT molecular complexity index is 777. The lowest BCUT2D eigenvalue weighted by Crippen LogP contribution is -2.59. The fourth-order valence-corrected chi connectivity index (χ4v) is 9.75. The van der Waals surface area contributed by atoms with Crippen molar-refractivity contribution in [1.82, 2.24) is 0 Å². The van der Waals surface area contributed by atoms with E-state index in [2.05, 4.69) is 106 Å². The predicted octanol–water partition coefficient (Wildman–Crippen LogP) is 2.94. The monoisotopic (exact) mass is 379 g/mol. The number of hydrogen-bond donors (Lipinski definition) is 0. The Morgan fingerprint density at radius 2 is 0.920 bits per heavy atom. The van der Waals surface area contributed by atoms with E-state index < -0.39 is 8.80 Å². The first kappa shape index (κ1) is 18.5. The highest BCUT2D eigenvalue weighted by Gasteiger charge is 2.25. The third-order valence-electron chi connectivity index (χ3n) is 4.37. The van der Waals surface area contributed by atoms with E-state index in [1.807, 2.05) is 0 Å². The van der Waals surface area contributed by atoms with Crippen molar-refractivity contribution in [3.63, 3.8) is 0 Å². The van der Waals surface area contributed by atoms with Crippen molar-refractivity contribution in [2.24, 2.45) is 0 Å². The molecule has 3 aromatic carbocycles. The lowest BCUT2D eigenvalue weighted by molar-refractivity contribution is 1.74. The van der Waals surface area contributed by atoms with Gasteiger partial charge in [0.15, 0.2) is 8.80 Å². The van der Waals surface area contributed by atoms with Crippen LogP contribution in [0.25, 0.3) is 0 Å². The summed E-state index contributed by atoms with van der Waals surface area (Å²) in [5.41, 5.74) is 0. The van der Waals surface area contributed by atoms with Crippen LogP contribution >= 0.6 is 15.8 Å². The maximum Gasteiger partial charge on any atom is 0.156 e. The molecule has 0 N–H and O–H groups in total. The molecular weight excluding hydrogens is 354 g/mol. The highest BCUT2D eigenvalue weighted by Crippen LogP contribution is 2.24. The van der Waals surface area contributed by atoms with Gasteiger partial charge in [0.1, 0.15) is 0 Å². The molecule has 0 spiro atoms. The van der Waals surface area contributed by atoms with Gasteiger partial charge in [0.05, 0.1) is 0 Å². The minimum atomic E-state index is -0.994. The zero-order valence-electron chi connectivity index (χ0n) is 15.4. The van der Waals surface area contributed by atoms with E-state index in [0.29, 0.717) is 0 Å². The Morgan fingerprint density at radius 3 is 1.36 bits per heavy atom. The first-order chi connectivity index (χ1) is 12.1. The van der Waals surface area contributed by atoms with Crippen molar-refractivity contribution in [3.8, 4) is 0 Å². The molecular formula is C22H25P2Si. The molecule has 127 valence electrons. The molecule has 3 rings (SSSR count). The molecule has 0 aliphatic heterocycles. The van der Waals surface area contributed by atoms with E-state index in [4.69, 9.17) is 0 Å². The van der Waals surface area contributed by atoms with Crippen LogP contribution in [0.15, 0.2) is 78.9 Å². The van der Waals surface area contributed by atoms with Gasteiger partial charge in [-0.25, -0.2) is 0 Å². The van der Waals surface area contributed by atoms with E-state index in [-0.39, 0.29) is 15.8 Å². The highest BCUT2D eigenvalue weighted by atomic mass is 31.1. The van der Waals surface area contributed by atoms with Crippen LogP contribution in [0.2, 0.25) is 0 Å². The third-order valence-corrected chi connectivity index (χ3v) is 10.4. The average molecular weight is 379 g/mol. The van der Waals surface area contributed by atoms with Crippen molar-refractivity contribution in [2.45, 2.75) is 0 Å². The molecule has 0 saturated carbocycles. The van der Waals surface area contributed by atoms with Gasteiger partial charge < -0.3 is 0 Å². The normalized spacial score (nSPS) is 11.5. The Hall–Kier alpha value is -1.26. The van der Waals surface area contributed by atoms with Gasteiger partial charge in [-0.15, -0.1) is 0 Å². The van der Waals surface area contributed by atoms with Crippen molar-refractivity contribution >= 4 is 50.8 Å². The van der Waals surface area contributed by atoms with Gasteiger partial charge in [0, 0.05) is 0 Å². The van der Waals surface area contributed by atoms with Crippen molar-refractivity contribution in [2.75, 3.05) is 26.7 Å². The molecule has 3 heteroatoms. The van der Waals surface area contributed by atoms with Gasteiger partial charge >= 0.3 is 0 Å². The van der Waals surface area contributed by atoms with Crippen LogP contribution in [0.4, 0.5) is 0 Å². The summed E-state index contributed by atoms with van der Waals surface area (Å²) in [5.74, 6) is 0. The second-order valence-corrected chi connectivity index (χ2v) is 13.5. The Labute approximate surface area is 156 Å². The van der Waals surface area contributed by atoms with E-state index in [1.54, 1.807) is 21.0 Å². The lowest BCUT2D eigenvalue weighted by Gasteiger charge is -2.25. The quantitative estimate of drug-likeness (QED) is 0.363. The van der Waals surface area contributed by atoms with E-state index >= 15 is 0 Å². The van der Waals surface area contributed by atoms with Crippen molar-refractivity contribution in [1.29, 1.82) is 0 Å². The predicted molar refractivity (Wildman–Crippen MR) is 121 cm³/mol. The largest absolute Gasteiger partial charge is 0.156 e. The van der Waals surface area contributed by atoms with E-state index in [0.717, 1.165) is 0 Å². The fourth-order valence-electron chi connectivity index (χ4n) is 3.21. The van der Waals surface area contributed by atoms with Crippen LogP contribution < -0.4 is 26.2 Å². The van der Waals surface area contributed by atoms with Crippen LogP contribution in [-0.2, 0) is 0 Å². The van der Waals surface area contributed by atoms with Gasteiger partial charge in [-0.05, 0) is 47.6 Å². The van der Waals surface area contributed by atoms with Gasteiger partial charge in [0.2, 0.25) is 0 Å². The van der Waals surface area contributed by atoms with Crippen LogP contribution in [-0.4, -0.2) is 35.5 Å². The van der Waals surface area contributed by atoms with Crippen LogP contribution in [0.3, 0.4) is 0 Å². The molecule has 0 bridgehead atoms. The zero-order valence-corrected chi connectivity index (χ0v) is 18.2. The minimum absolute atomic E-state index is 0.124. The number of benzene rings is 3. The molecule has 0 saturated heterocycles. The average Bonchev–Trinajstić information content (AvgIpc) is 2.63. The Morgan fingerprint density at radius 1 is 0.520 bits per heavy atom. The summed E-state index contributed by atoms with van der Waals surface area (Å²) >= 11 is 0. The lowest BCUT2D eigenvalue weighted by atomic mass is 10.3. The summed E-state index contributed by atoms with van der Waals surface area (Å²) in [4.78, 5) is 0. The molecule has 1 radical (unpaired) electrons. The zero-order chi connectivity index (χ0) is 17.8. The first-order valence-corrected chi connectivity index (χ1v) is 14.5. The number of rotatable bonds is 5. The molecule has 0 fully saturated rings. The topological polar surface area (TPSA) is 0 Å². The molecule has 0 unspecified atom stereocenters. The van der Waals surface area contributed by atoms with Crippen LogP contribution in [0, 0.1) is 0 Å². The molecule has 0 aromatic heterocycles. The molecule has 3 aromatic rings. The Kier molecular flexibility index (Phi) is 6.23. The molecule has 0 atom stereocenters. The molecule has 0 aliphatic rings. The molecule has 0 amide bonds. The third kappa shape index (κ3) is 4.12. The van der Waals surface area contributed by atoms with Crippen molar-refractivity contribution in [3.05, 3.63) is 78.9 Å². The summed E-state index contributed by atoms with van der Waals surface area (Å²) in [6.07, 6.45) is 0. The second kappa shape index (κ2) is 8.41. The molecule has 0 heterocycles. The van der Waals surface area contributed by atoms with Gasteiger partial charge in [-0.2, -0.15) is 0 Å². The Balaban J connectivity index is 2.27. The fraction of sp³-hybridized carbons (Fsp3) is 0.182. The van der Waals surface area contributed by atoms with Gasteiger partial charge in [-0.3, -0.25) is 0 Å². The SMILES string of the molecule is CP(C)c1ccccc1[Si](c1ccccc1)c1ccccc1P(C)C. The summed E-state index contributed by atoms with van der Waals surface area (Å²) in [5, 5.41) is 7.74. The summed E-state index contributed by atoms with van der Waals surface area (Å²) in [7, 11) is -1.24. The standard InChI is InChI=1S/C22H25P2Si/c1-23(2)19-14-8-10-16-21(19)25(18-12-6-5-7-13-18)22-17-11-9-15-20(22)24(3)4/h5-17H,1-4H3. The maximum atomic E-state index is 2.38. The smallest absolute Gasteiger partial charge is 0.0818 e. The minimum Gasteiger partial charge on any atom is -0.0818 e. The molecule has 0 aliphatic carbocycles. The summed E-state index contributed by atoms with van der Waals surface area (Å²) in [6, 6.07) is 29.4. The van der Waals surface area contributed by atoms with Gasteiger partial charge in [-0.1, -0.05) is 99.9 Å². The molecule has 0 nitrogen and oxygen atoms in total. The van der Waals surface area contributed by atoms with Crippen LogP contribution in [0.5, 0.6) is 0 Å². The van der Waals surface area contributed by atoms with Crippen LogP contribution in [0.1, 0.15) is 0 Å². The van der Waals surface area contributed by atoms with Crippen molar-refractivity contribution < 1.29 is 0 Å².